The normalized spacial score (nSPS) is 19.2. The van der Waals surface area contributed by atoms with Gasteiger partial charge in [0, 0.05) is 37.2 Å². The fraction of sp³-hybridized carbons (Fsp3) is 0.650. The minimum Gasteiger partial charge on any atom is -0.444 e. The summed E-state index contributed by atoms with van der Waals surface area (Å²) in [6, 6.07) is 3.25. The van der Waals surface area contributed by atoms with Crippen LogP contribution < -0.4 is 9.64 Å². The van der Waals surface area contributed by atoms with Crippen LogP contribution in [0.4, 0.5) is 19.3 Å². The van der Waals surface area contributed by atoms with Crippen molar-refractivity contribution in [2.24, 2.45) is 5.41 Å². The van der Waals surface area contributed by atoms with Crippen molar-refractivity contribution in [2.45, 2.75) is 59.2 Å². The number of aryl methyl sites for hydroxylation is 1. The molecule has 0 N–H and O–H groups in total. The smallest absolute Gasteiger partial charge is 0.410 e. The molecule has 0 unspecified atom stereocenters. The maximum atomic E-state index is 12.8. The van der Waals surface area contributed by atoms with Crippen molar-refractivity contribution < 1.29 is 27.8 Å². The van der Waals surface area contributed by atoms with Crippen LogP contribution in [0, 0.1) is 12.3 Å². The van der Waals surface area contributed by atoms with E-state index in [1.807, 2.05) is 20.8 Å². The maximum Gasteiger partial charge on any atom is 0.410 e. The summed E-state index contributed by atoms with van der Waals surface area (Å²) in [4.78, 5) is 32.2. The summed E-state index contributed by atoms with van der Waals surface area (Å²) in [6.07, 6.45) is 1.22. The van der Waals surface area contributed by atoms with Gasteiger partial charge in [-0.2, -0.15) is 8.78 Å². The quantitative estimate of drug-likeness (QED) is 0.758. The Morgan fingerprint density at radius 1 is 1.24 bits per heavy atom. The molecule has 0 aromatic carbocycles. The van der Waals surface area contributed by atoms with Crippen LogP contribution in [0.1, 0.15) is 45.7 Å². The number of carbonyl (C=O) groups excluding carboxylic acids is 2. The van der Waals surface area contributed by atoms with E-state index in [9.17, 15) is 18.4 Å². The molecular formula is C20H27F2N3O4. The van der Waals surface area contributed by atoms with Crippen molar-refractivity contribution in [3.8, 4) is 5.88 Å². The van der Waals surface area contributed by atoms with Crippen LogP contribution in [-0.2, 0) is 9.53 Å². The van der Waals surface area contributed by atoms with Gasteiger partial charge in [0.1, 0.15) is 11.3 Å². The van der Waals surface area contributed by atoms with Crippen molar-refractivity contribution in [1.29, 1.82) is 0 Å². The highest BCUT2D eigenvalue weighted by atomic mass is 19.3. The SMILES string of the molecule is Cc1ccc(N2CC3(CCN(C(=O)OC(C)(C)C)CC3)CC2=O)c(OC(F)F)n1. The van der Waals surface area contributed by atoms with E-state index >= 15 is 0 Å². The summed E-state index contributed by atoms with van der Waals surface area (Å²) in [6.45, 7) is 5.47. The van der Waals surface area contributed by atoms with E-state index in [0.717, 1.165) is 0 Å². The van der Waals surface area contributed by atoms with Crippen molar-refractivity contribution in [3.63, 3.8) is 0 Å². The lowest BCUT2D eigenvalue weighted by Gasteiger charge is -2.39. The standard InChI is InChI=1S/C20H27F2N3O4/c1-13-5-6-14(16(23-13)28-17(21)22)25-12-20(11-15(25)26)7-9-24(10-8-20)18(27)29-19(2,3)4/h5-6,17H,7-12H2,1-4H3. The first kappa shape index (κ1) is 21.3. The second kappa shape index (κ2) is 7.76. The third-order valence-corrected chi connectivity index (χ3v) is 5.27. The van der Waals surface area contributed by atoms with E-state index in [-0.39, 0.29) is 29.0 Å². The molecule has 0 radical (unpaired) electrons. The van der Waals surface area contributed by atoms with E-state index < -0.39 is 12.2 Å². The number of anilines is 1. The largest absolute Gasteiger partial charge is 0.444 e. The highest BCUT2D eigenvalue weighted by Gasteiger charge is 2.47. The Morgan fingerprint density at radius 2 is 1.90 bits per heavy atom. The zero-order valence-corrected chi connectivity index (χ0v) is 17.2. The molecule has 2 amide bonds. The van der Waals surface area contributed by atoms with E-state index in [2.05, 4.69) is 9.72 Å². The number of piperidine rings is 1. The third kappa shape index (κ3) is 4.94. The second-order valence-electron chi connectivity index (χ2n) is 8.78. The van der Waals surface area contributed by atoms with E-state index in [1.54, 1.807) is 24.0 Å². The highest BCUT2D eigenvalue weighted by Crippen LogP contribution is 2.44. The Hall–Kier alpha value is -2.45. The van der Waals surface area contributed by atoms with Gasteiger partial charge in [0.05, 0.1) is 0 Å². The minimum absolute atomic E-state index is 0.152. The molecule has 2 aliphatic rings. The predicted octanol–water partition coefficient (Wildman–Crippen LogP) is 3.75. The summed E-state index contributed by atoms with van der Waals surface area (Å²) in [5.41, 5.74) is -0.0853. The number of alkyl halides is 2. The van der Waals surface area contributed by atoms with Crippen LogP contribution in [0.25, 0.3) is 0 Å². The Kier molecular flexibility index (Phi) is 5.69. The molecule has 0 aliphatic carbocycles. The molecule has 3 heterocycles. The summed E-state index contributed by atoms with van der Waals surface area (Å²) < 4.78 is 35.5. The van der Waals surface area contributed by atoms with Crippen LogP contribution in [0.2, 0.25) is 0 Å². The molecule has 2 aliphatic heterocycles. The van der Waals surface area contributed by atoms with Gasteiger partial charge in [-0.3, -0.25) is 4.79 Å². The van der Waals surface area contributed by atoms with Gasteiger partial charge in [-0.05, 0) is 52.7 Å². The van der Waals surface area contributed by atoms with Gasteiger partial charge in [-0.15, -0.1) is 0 Å². The number of aromatic nitrogens is 1. The number of likely N-dealkylation sites (tertiary alicyclic amines) is 1. The van der Waals surface area contributed by atoms with Gasteiger partial charge < -0.3 is 19.3 Å². The molecule has 3 rings (SSSR count). The lowest BCUT2D eigenvalue weighted by atomic mass is 9.78. The number of hydrogen-bond acceptors (Lipinski definition) is 5. The molecule has 0 bridgehead atoms. The molecule has 2 fully saturated rings. The van der Waals surface area contributed by atoms with Gasteiger partial charge in [-0.25, -0.2) is 9.78 Å². The van der Waals surface area contributed by atoms with Gasteiger partial charge in [0.25, 0.3) is 0 Å². The first-order chi connectivity index (χ1) is 13.5. The fourth-order valence-corrected chi connectivity index (χ4v) is 3.84. The number of ether oxygens (including phenoxy) is 2. The van der Waals surface area contributed by atoms with Crippen LogP contribution in [0.5, 0.6) is 5.88 Å². The number of carbonyl (C=O) groups is 2. The number of nitrogens with zero attached hydrogens (tertiary/aromatic N) is 3. The summed E-state index contributed by atoms with van der Waals surface area (Å²) in [5, 5.41) is 0. The van der Waals surface area contributed by atoms with Gasteiger partial charge in [0.2, 0.25) is 11.8 Å². The number of halogens is 2. The topological polar surface area (TPSA) is 72.0 Å². The Morgan fingerprint density at radius 3 is 2.48 bits per heavy atom. The van der Waals surface area contributed by atoms with Crippen molar-refractivity contribution in [2.75, 3.05) is 24.5 Å². The van der Waals surface area contributed by atoms with Crippen molar-refractivity contribution >= 4 is 17.7 Å². The van der Waals surface area contributed by atoms with Crippen LogP contribution in [0.3, 0.4) is 0 Å². The molecule has 1 aromatic heterocycles. The van der Waals surface area contributed by atoms with Gasteiger partial charge in [0.15, 0.2) is 0 Å². The molecule has 0 atom stereocenters. The fourth-order valence-electron chi connectivity index (χ4n) is 3.84. The summed E-state index contributed by atoms with van der Waals surface area (Å²) in [5.74, 6) is -0.392. The van der Waals surface area contributed by atoms with E-state index in [1.165, 1.54) is 4.90 Å². The Balaban J connectivity index is 1.71. The van der Waals surface area contributed by atoms with E-state index in [0.29, 0.717) is 44.6 Å². The molecule has 0 saturated carbocycles. The average Bonchev–Trinajstić information content (AvgIpc) is 2.89. The first-order valence-corrected chi connectivity index (χ1v) is 9.69. The Labute approximate surface area is 169 Å². The van der Waals surface area contributed by atoms with Crippen molar-refractivity contribution in [3.05, 3.63) is 17.8 Å². The number of hydrogen-bond donors (Lipinski definition) is 0. The zero-order chi connectivity index (χ0) is 21.4. The van der Waals surface area contributed by atoms with Gasteiger partial charge in [-0.1, -0.05) is 0 Å². The molecule has 7 nitrogen and oxygen atoms in total. The maximum absolute atomic E-state index is 12.8. The minimum atomic E-state index is -3.02. The number of amides is 2. The molecule has 2 saturated heterocycles. The average molecular weight is 411 g/mol. The predicted molar refractivity (Wildman–Crippen MR) is 102 cm³/mol. The van der Waals surface area contributed by atoms with E-state index in [4.69, 9.17) is 4.74 Å². The van der Waals surface area contributed by atoms with Gasteiger partial charge >= 0.3 is 12.7 Å². The molecule has 160 valence electrons. The molecular weight excluding hydrogens is 384 g/mol. The zero-order valence-electron chi connectivity index (χ0n) is 17.2. The first-order valence-electron chi connectivity index (χ1n) is 9.69. The number of pyridine rings is 1. The summed E-state index contributed by atoms with van der Waals surface area (Å²) >= 11 is 0. The molecule has 9 heteroatoms. The monoisotopic (exact) mass is 411 g/mol. The van der Waals surface area contributed by atoms with Crippen molar-refractivity contribution in [1.82, 2.24) is 9.88 Å². The summed E-state index contributed by atoms with van der Waals surface area (Å²) in [7, 11) is 0. The number of rotatable bonds is 3. The molecule has 1 spiro atoms. The Bertz CT molecular complexity index is 786. The second-order valence-corrected chi connectivity index (χ2v) is 8.78. The van der Waals surface area contributed by atoms with Crippen LogP contribution in [-0.4, -0.2) is 53.7 Å². The molecule has 1 aromatic rings. The lowest BCUT2D eigenvalue weighted by molar-refractivity contribution is -0.118. The lowest BCUT2D eigenvalue weighted by Crippen LogP contribution is -2.46. The highest BCUT2D eigenvalue weighted by molar-refractivity contribution is 5.97. The van der Waals surface area contributed by atoms with Crippen LogP contribution in [0.15, 0.2) is 12.1 Å². The molecule has 29 heavy (non-hydrogen) atoms. The van der Waals surface area contributed by atoms with Crippen LogP contribution >= 0.6 is 0 Å². The third-order valence-electron chi connectivity index (χ3n) is 5.27.